The molecule has 118 valence electrons. The first-order valence-electron chi connectivity index (χ1n) is 7.93. The Labute approximate surface area is 132 Å². The number of fused-ring (bicyclic) bond motifs is 1. The Morgan fingerprint density at radius 2 is 2.09 bits per heavy atom. The molecule has 0 spiro atoms. The third-order valence-electron chi connectivity index (χ3n) is 3.60. The summed E-state index contributed by atoms with van der Waals surface area (Å²) in [6.45, 7) is 6.23. The summed E-state index contributed by atoms with van der Waals surface area (Å²) in [6.07, 6.45) is 5.17. The zero-order valence-corrected chi connectivity index (χ0v) is 13.6. The maximum absolute atomic E-state index is 11.8. The summed E-state index contributed by atoms with van der Waals surface area (Å²) in [6, 6.07) is 8.24. The fraction of sp³-hybridized carbons (Fsp3) is 0.444. The molecule has 0 aliphatic heterocycles. The number of hydrogen-bond acceptors (Lipinski definition) is 2. The van der Waals surface area contributed by atoms with E-state index in [0.29, 0.717) is 12.3 Å². The van der Waals surface area contributed by atoms with Crippen molar-refractivity contribution >= 4 is 22.5 Å². The first kappa shape index (κ1) is 16.3. The lowest BCUT2D eigenvalue weighted by molar-refractivity contribution is -0.121. The Kier molecular flexibility index (Phi) is 5.75. The highest BCUT2D eigenvalue weighted by molar-refractivity contribution is 5.85. The number of aryl methyl sites for hydroxylation is 1. The van der Waals surface area contributed by atoms with Crippen LogP contribution in [0, 0.1) is 5.92 Å². The van der Waals surface area contributed by atoms with Crippen LogP contribution in [0.5, 0.6) is 0 Å². The van der Waals surface area contributed by atoms with Gasteiger partial charge in [0.15, 0.2) is 0 Å². The topological polar surface area (TPSA) is 57.2 Å². The van der Waals surface area contributed by atoms with Crippen molar-refractivity contribution in [1.82, 2.24) is 10.4 Å². The van der Waals surface area contributed by atoms with Crippen LogP contribution in [-0.4, -0.2) is 16.6 Å². The van der Waals surface area contributed by atoms with Crippen LogP contribution in [0.25, 0.3) is 10.9 Å². The minimum absolute atomic E-state index is 0.0112. The zero-order valence-electron chi connectivity index (χ0n) is 13.6. The van der Waals surface area contributed by atoms with E-state index >= 15 is 0 Å². The summed E-state index contributed by atoms with van der Waals surface area (Å²) in [5.74, 6) is 0.547. The van der Waals surface area contributed by atoms with Crippen LogP contribution in [-0.2, 0) is 11.2 Å². The van der Waals surface area contributed by atoms with Crippen LogP contribution >= 0.6 is 0 Å². The smallest absolute Gasteiger partial charge is 0.240 e. The first-order valence-corrected chi connectivity index (χ1v) is 7.93. The van der Waals surface area contributed by atoms with Gasteiger partial charge in [-0.25, -0.2) is 5.43 Å². The van der Waals surface area contributed by atoms with Crippen molar-refractivity contribution in [3.05, 3.63) is 36.0 Å². The lowest BCUT2D eigenvalue weighted by Gasteiger charge is -2.05. The molecule has 0 saturated carbocycles. The summed E-state index contributed by atoms with van der Waals surface area (Å²) in [4.78, 5) is 15.1. The minimum Gasteiger partial charge on any atom is -0.361 e. The number of H-pyrrole nitrogens is 1. The zero-order chi connectivity index (χ0) is 15.9. The maximum atomic E-state index is 11.8. The van der Waals surface area contributed by atoms with Gasteiger partial charge < -0.3 is 4.98 Å². The van der Waals surface area contributed by atoms with E-state index in [2.05, 4.69) is 41.5 Å². The predicted molar refractivity (Wildman–Crippen MR) is 91.9 cm³/mol. The van der Waals surface area contributed by atoms with Crippen molar-refractivity contribution in [3.8, 4) is 0 Å². The molecule has 1 amide bonds. The highest BCUT2D eigenvalue weighted by Crippen LogP contribution is 2.19. The van der Waals surface area contributed by atoms with Gasteiger partial charge in [-0.2, -0.15) is 5.10 Å². The number of carbonyl (C=O) groups excluding carboxylic acids is 1. The number of nitrogens with zero attached hydrogens (tertiary/aromatic N) is 1. The number of aromatic amines is 1. The fourth-order valence-electron chi connectivity index (χ4n) is 2.63. The van der Waals surface area contributed by atoms with Gasteiger partial charge >= 0.3 is 0 Å². The Bertz CT molecular complexity index is 655. The average molecular weight is 299 g/mol. The average Bonchev–Trinajstić information content (AvgIpc) is 2.88. The second kappa shape index (κ2) is 7.78. The van der Waals surface area contributed by atoms with E-state index in [1.165, 1.54) is 10.9 Å². The first-order chi connectivity index (χ1) is 10.6. The van der Waals surface area contributed by atoms with Gasteiger partial charge in [0.2, 0.25) is 5.91 Å². The van der Waals surface area contributed by atoms with Crippen LogP contribution in [0.15, 0.2) is 35.6 Å². The number of para-hydroxylation sites is 1. The number of aromatic nitrogens is 1. The molecule has 1 aromatic carbocycles. The lowest BCUT2D eigenvalue weighted by Crippen LogP contribution is -2.19. The molecule has 2 aromatic rings. The highest BCUT2D eigenvalue weighted by atomic mass is 16.2. The van der Waals surface area contributed by atoms with Crippen LogP contribution < -0.4 is 5.43 Å². The second-order valence-corrected chi connectivity index (χ2v) is 6.19. The van der Waals surface area contributed by atoms with Gasteiger partial charge in [-0.1, -0.05) is 32.0 Å². The van der Waals surface area contributed by atoms with E-state index in [9.17, 15) is 4.79 Å². The largest absolute Gasteiger partial charge is 0.361 e. The molecular formula is C18H25N3O. The molecule has 0 aliphatic carbocycles. The summed E-state index contributed by atoms with van der Waals surface area (Å²) < 4.78 is 0. The molecule has 0 bridgehead atoms. The van der Waals surface area contributed by atoms with Crippen molar-refractivity contribution < 1.29 is 4.79 Å². The number of carbonyl (C=O) groups is 1. The van der Waals surface area contributed by atoms with E-state index in [1.54, 1.807) is 0 Å². The third-order valence-corrected chi connectivity index (χ3v) is 3.60. The van der Waals surface area contributed by atoms with Gasteiger partial charge in [-0.05, 0) is 43.7 Å². The van der Waals surface area contributed by atoms with E-state index in [0.717, 1.165) is 30.5 Å². The molecular weight excluding hydrogens is 274 g/mol. The second-order valence-electron chi connectivity index (χ2n) is 6.19. The number of benzene rings is 1. The quantitative estimate of drug-likeness (QED) is 0.588. The molecule has 22 heavy (non-hydrogen) atoms. The maximum Gasteiger partial charge on any atom is 0.240 e. The van der Waals surface area contributed by atoms with Gasteiger partial charge in [0, 0.05) is 29.2 Å². The number of hydrazone groups is 1. The number of hydrogen-bond donors (Lipinski definition) is 2. The number of amides is 1. The number of nitrogens with one attached hydrogen (secondary N) is 2. The third kappa shape index (κ3) is 4.72. The predicted octanol–water partition coefficient (Wildman–Crippen LogP) is 4.03. The van der Waals surface area contributed by atoms with Crippen LogP contribution in [0.3, 0.4) is 0 Å². The van der Waals surface area contributed by atoms with Crippen molar-refractivity contribution in [2.45, 2.75) is 46.5 Å². The standard InChI is InChI=1S/C18H25N3O/c1-13(2)11-14(3)20-21-18(22)10-6-7-15-12-19-17-9-5-4-8-16(15)17/h4-5,8-9,12-13,19H,6-7,10-11H2,1-3H3,(H,21,22)/b20-14-. The molecule has 0 aliphatic rings. The van der Waals surface area contributed by atoms with E-state index in [-0.39, 0.29) is 5.91 Å². The molecule has 2 rings (SSSR count). The SMILES string of the molecule is C/C(CC(C)C)=N/NC(=O)CCCc1c[nH]c2ccccc12. The summed E-state index contributed by atoms with van der Waals surface area (Å²) in [7, 11) is 0. The van der Waals surface area contributed by atoms with Gasteiger partial charge in [0.1, 0.15) is 0 Å². The van der Waals surface area contributed by atoms with Crippen molar-refractivity contribution in [2.75, 3.05) is 0 Å². The molecule has 1 aromatic heterocycles. The Balaban J connectivity index is 1.77. The molecule has 0 fully saturated rings. The van der Waals surface area contributed by atoms with Gasteiger partial charge in [-0.15, -0.1) is 0 Å². The van der Waals surface area contributed by atoms with Gasteiger partial charge in [0.05, 0.1) is 0 Å². The minimum atomic E-state index is -0.0112. The molecule has 0 radical (unpaired) electrons. The molecule has 0 unspecified atom stereocenters. The molecule has 0 saturated heterocycles. The fourth-order valence-corrected chi connectivity index (χ4v) is 2.63. The van der Waals surface area contributed by atoms with Crippen molar-refractivity contribution in [3.63, 3.8) is 0 Å². The molecule has 0 atom stereocenters. The molecule has 4 nitrogen and oxygen atoms in total. The normalized spacial score (nSPS) is 12.1. The van der Waals surface area contributed by atoms with Gasteiger partial charge in [-0.3, -0.25) is 4.79 Å². The number of rotatable bonds is 7. The summed E-state index contributed by atoms with van der Waals surface area (Å²) >= 11 is 0. The molecule has 2 N–H and O–H groups in total. The highest BCUT2D eigenvalue weighted by Gasteiger charge is 2.05. The summed E-state index contributed by atoms with van der Waals surface area (Å²) in [5.41, 5.74) is 6.03. The van der Waals surface area contributed by atoms with Gasteiger partial charge in [0.25, 0.3) is 0 Å². The van der Waals surface area contributed by atoms with E-state index < -0.39 is 0 Å². The molecule has 1 heterocycles. The van der Waals surface area contributed by atoms with E-state index in [1.807, 2.05) is 25.3 Å². The van der Waals surface area contributed by atoms with Crippen LogP contribution in [0.1, 0.15) is 45.6 Å². The van der Waals surface area contributed by atoms with Crippen molar-refractivity contribution in [1.29, 1.82) is 0 Å². The lowest BCUT2D eigenvalue weighted by atomic mass is 10.1. The van der Waals surface area contributed by atoms with Crippen LogP contribution in [0.2, 0.25) is 0 Å². The van der Waals surface area contributed by atoms with E-state index in [4.69, 9.17) is 0 Å². The monoisotopic (exact) mass is 299 g/mol. The van der Waals surface area contributed by atoms with Crippen molar-refractivity contribution in [2.24, 2.45) is 11.0 Å². The Hall–Kier alpha value is -2.10. The molecule has 4 heteroatoms. The summed E-state index contributed by atoms with van der Waals surface area (Å²) in [5, 5.41) is 5.38. The Morgan fingerprint density at radius 3 is 2.86 bits per heavy atom. The van der Waals surface area contributed by atoms with Crippen LogP contribution in [0.4, 0.5) is 0 Å². The Morgan fingerprint density at radius 1 is 1.32 bits per heavy atom.